The molecule has 0 aliphatic carbocycles. The third-order valence-electron chi connectivity index (χ3n) is 4.05. The van der Waals surface area contributed by atoms with E-state index in [9.17, 15) is 24.6 Å². The summed E-state index contributed by atoms with van der Waals surface area (Å²) < 4.78 is 0. The number of hydrogen-bond acceptors (Lipinski definition) is 5. The fraction of sp³-hybridized carbons (Fsp3) is 0.812. The minimum atomic E-state index is -1.63. The lowest BCUT2D eigenvalue weighted by atomic mass is 9.94. The van der Waals surface area contributed by atoms with E-state index in [0.717, 1.165) is 0 Å². The van der Waals surface area contributed by atoms with Gasteiger partial charge in [-0.2, -0.15) is 0 Å². The first-order valence-electron chi connectivity index (χ1n) is 8.12. The number of aliphatic carboxylic acids is 1. The Morgan fingerprint density at radius 2 is 1.65 bits per heavy atom. The number of carboxylic acids is 1. The molecule has 4 N–H and O–H groups in total. The van der Waals surface area contributed by atoms with Crippen LogP contribution in [0.15, 0.2) is 0 Å². The van der Waals surface area contributed by atoms with Gasteiger partial charge in [0.1, 0.15) is 0 Å². The zero-order valence-corrected chi connectivity index (χ0v) is 14.7. The van der Waals surface area contributed by atoms with Gasteiger partial charge in [0, 0.05) is 6.42 Å². The molecule has 0 aliphatic heterocycles. The van der Waals surface area contributed by atoms with Gasteiger partial charge in [-0.1, -0.05) is 41.0 Å². The van der Waals surface area contributed by atoms with Crippen LogP contribution in [0, 0.1) is 11.8 Å². The number of nitrogens with zero attached hydrogens (tertiary/aromatic N) is 1. The van der Waals surface area contributed by atoms with Gasteiger partial charge >= 0.3 is 5.97 Å². The summed E-state index contributed by atoms with van der Waals surface area (Å²) in [6, 6.07) is -2.61. The second-order valence-electron chi connectivity index (χ2n) is 6.28. The molecular weight excluding hydrogens is 300 g/mol. The minimum Gasteiger partial charge on any atom is -0.480 e. The fourth-order valence-corrected chi connectivity index (χ4v) is 2.18. The van der Waals surface area contributed by atoms with Crippen molar-refractivity contribution >= 4 is 17.8 Å². The molecule has 4 unspecified atom stereocenters. The van der Waals surface area contributed by atoms with Crippen LogP contribution in [0.3, 0.4) is 0 Å². The maximum absolute atomic E-state index is 12.6. The van der Waals surface area contributed by atoms with Gasteiger partial charge in [-0.15, -0.1) is 0 Å². The first kappa shape index (κ1) is 21.5. The topological polar surface area (TPSA) is 121 Å². The smallest absolute Gasteiger partial charge is 0.329 e. The predicted octanol–water partition coefficient (Wildman–Crippen LogP) is 0.985. The van der Waals surface area contributed by atoms with Crippen LogP contribution in [-0.2, 0) is 14.4 Å². The van der Waals surface area contributed by atoms with Crippen LogP contribution in [-0.4, -0.2) is 51.1 Å². The third kappa shape index (κ3) is 5.58. The van der Waals surface area contributed by atoms with Crippen LogP contribution >= 0.6 is 0 Å². The Balaban J connectivity index is 5.78. The molecule has 0 aromatic heterocycles. The highest BCUT2D eigenvalue weighted by Gasteiger charge is 2.42. The summed E-state index contributed by atoms with van der Waals surface area (Å²) in [6.45, 7) is 8.63. The Labute approximate surface area is 137 Å². The van der Waals surface area contributed by atoms with E-state index in [-0.39, 0.29) is 12.3 Å². The van der Waals surface area contributed by atoms with Crippen LogP contribution in [0.2, 0.25) is 0 Å². The number of imide groups is 1. The Kier molecular flexibility index (Phi) is 9.01. The second-order valence-corrected chi connectivity index (χ2v) is 6.28. The van der Waals surface area contributed by atoms with Gasteiger partial charge in [0.05, 0.1) is 12.1 Å². The van der Waals surface area contributed by atoms with E-state index in [2.05, 4.69) is 0 Å². The van der Waals surface area contributed by atoms with Crippen molar-refractivity contribution in [1.82, 2.24) is 4.90 Å². The third-order valence-corrected chi connectivity index (χ3v) is 4.05. The van der Waals surface area contributed by atoms with Gasteiger partial charge in [-0.25, -0.2) is 4.79 Å². The van der Waals surface area contributed by atoms with Gasteiger partial charge < -0.3 is 15.9 Å². The SMILES string of the molecule is CCCC(=O)N(C(=O)C(N)C(C)CC)C(C(=O)O)C(O)C(C)C. The van der Waals surface area contributed by atoms with Crippen molar-refractivity contribution in [2.45, 2.75) is 72.1 Å². The summed E-state index contributed by atoms with van der Waals surface area (Å²) in [5.41, 5.74) is 5.90. The van der Waals surface area contributed by atoms with E-state index < -0.39 is 41.9 Å². The largest absolute Gasteiger partial charge is 0.480 e. The van der Waals surface area contributed by atoms with E-state index in [1.807, 2.05) is 6.92 Å². The van der Waals surface area contributed by atoms with Crippen LogP contribution < -0.4 is 5.73 Å². The highest BCUT2D eigenvalue weighted by Crippen LogP contribution is 2.19. The summed E-state index contributed by atoms with van der Waals surface area (Å²) in [5, 5.41) is 19.7. The molecule has 0 heterocycles. The summed E-state index contributed by atoms with van der Waals surface area (Å²) >= 11 is 0. The lowest BCUT2D eigenvalue weighted by molar-refractivity contribution is -0.165. The zero-order chi connectivity index (χ0) is 18.3. The standard InChI is InChI=1S/C16H30N2O5/c1-6-8-11(19)18(15(21)12(17)10(5)7-2)13(16(22)23)14(20)9(3)4/h9-10,12-14,20H,6-8,17H2,1-5H3,(H,22,23). The summed E-state index contributed by atoms with van der Waals surface area (Å²) in [7, 11) is 0. The minimum absolute atomic E-state index is 0.0214. The number of nitrogens with two attached hydrogens (primary N) is 1. The number of carbonyl (C=O) groups is 3. The van der Waals surface area contributed by atoms with Crippen molar-refractivity contribution in [1.29, 1.82) is 0 Å². The van der Waals surface area contributed by atoms with Crippen molar-refractivity contribution < 1.29 is 24.6 Å². The lowest BCUT2D eigenvalue weighted by Gasteiger charge is -2.34. The fourth-order valence-electron chi connectivity index (χ4n) is 2.18. The number of carbonyl (C=O) groups excluding carboxylic acids is 2. The number of carboxylic acid groups (broad SMARTS) is 1. The maximum atomic E-state index is 12.6. The molecule has 0 bridgehead atoms. The normalized spacial score (nSPS) is 16.5. The van der Waals surface area contributed by atoms with E-state index in [0.29, 0.717) is 17.7 Å². The van der Waals surface area contributed by atoms with E-state index in [1.54, 1.807) is 27.7 Å². The number of rotatable bonds is 9. The molecular formula is C16H30N2O5. The molecule has 0 saturated heterocycles. The molecule has 134 valence electrons. The molecule has 7 nitrogen and oxygen atoms in total. The number of aliphatic hydroxyl groups excluding tert-OH is 1. The second kappa shape index (κ2) is 9.62. The van der Waals surface area contributed by atoms with Gasteiger partial charge in [0.2, 0.25) is 11.8 Å². The van der Waals surface area contributed by atoms with Crippen LogP contribution in [0.1, 0.15) is 53.9 Å². The van der Waals surface area contributed by atoms with Crippen molar-refractivity contribution in [3.05, 3.63) is 0 Å². The zero-order valence-electron chi connectivity index (χ0n) is 14.7. The number of aliphatic hydroxyl groups is 1. The molecule has 0 fully saturated rings. The monoisotopic (exact) mass is 330 g/mol. The Morgan fingerprint density at radius 3 is 2.00 bits per heavy atom. The van der Waals surface area contributed by atoms with E-state index in [1.165, 1.54) is 0 Å². The molecule has 2 amide bonds. The molecule has 23 heavy (non-hydrogen) atoms. The molecule has 0 aliphatic rings. The molecule has 0 radical (unpaired) electrons. The molecule has 4 atom stereocenters. The highest BCUT2D eigenvalue weighted by molar-refractivity contribution is 6.01. The van der Waals surface area contributed by atoms with Gasteiger partial charge in [0.15, 0.2) is 6.04 Å². The summed E-state index contributed by atoms with van der Waals surface area (Å²) in [6.07, 6.45) is -0.257. The van der Waals surface area contributed by atoms with Crippen molar-refractivity contribution in [3.8, 4) is 0 Å². The van der Waals surface area contributed by atoms with Gasteiger partial charge in [0.25, 0.3) is 0 Å². The van der Waals surface area contributed by atoms with E-state index in [4.69, 9.17) is 5.73 Å². The molecule has 7 heteroatoms. The Hall–Kier alpha value is -1.47. The molecule has 0 aromatic rings. The maximum Gasteiger partial charge on any atom is 0.329 e. The van der Waals surface area contributed by atoms with Gasteiger partial charge in [-0.05, 0) is 18.3 Å². The summed E-state index contributed by atoms with van der Waals surface area (Å²) in [4.78, 5) is 37.3. The van der Waals surface area contributed by atoms with Crippen molar-refractivity contribution in [2.24, 2.45) is 17.6 Å². The number of amides is 2. The molecule has 0 rings (SSSR count). The first-order chi connectivity index (χ1) is 10.6. The lowest BCUT2D eigenvalue weighted by Crippen LogP contribution is -2.60. The van der Waals surface area contributed by atoms with Crippen LogP contribution in [0.4, 0.5) is 0 Å². The van der Waals surface area contributed by atoms with E-state index >= 15 is 0 Å². The Bertz CT molecular complexity index is 425. The Morgan fingerprint density at radius 1 is 1.13 bits per heavy atom. The number of hydrogen-bond donors (Lipinski definition) is 3. The van der Waals surface area contributed by atoms with Crippen LogP contribution in [0.5, 0.6) is 0 Å². The average Bonchev–Trinajstić information content (AvgIpc) is 2.49. The van der Waals surface area contributed by atoms with Gasteiger partial charge in [-0.3, -0.25) is 14.5 Å². The quantitative estimate of drug-likeness (QED) is 0.579. The van der Waals surface area contributed by atoms with Crippen molar-refractivity contribution in [2.75, 3.05) is 0 Å². The highest BCUT2D eigenvalue weighted by atomic mass is 16.4. The predicted molar refractivity (Wildman–Crippen MR) is 86.5 cm³/mol. The summed E-state index contributed by atoms with van der Waals surface area (Å²) in [5.74, 6) is -3.42. The van der Waals surface area contributed by atoms with Crippen LogP contribution in [0.25, 0.3) is 0 Å². The molecule has 0 aromatic carbocycles. The molecule has 0 spiro atoms. The average molecular weight is 330 g/mol. The first-order valence-corrected chi connectivity index (χ1v) is 8.12. The van der Waals surface area contributed by atoms with Crippen molar-refractivity contribution in [3.63, 3.8) is 0 Å². The molecule has 0 saturated carbocycles.